The molecule has 1 fully saturated rings. The first-order valence-corrected chi connectivity index (χ1v) is 11.1. The van der Waals surface area contributed by atoms with E-state index < -0.39 is 10.0 Å². The van der Waals surface area contributed by atoms with E-state index in [1.807, 2.05) is 6.92 Å². The van der Waals surface area contributed by atoms with Crippen molar-refractivity contribution in [3.8, 4) is 0 Å². The van der Waals surface area contributed by atoms with Crippen molar-refractivity contribution in [2.24, 2.45) is 5.41 Å². The largest absolute Gasteiger partial charge is 0.350 e. The topological polar surface area (TPSA) is 68.2 Å². The molecule has 1 heterocycles. The highest BCUT2D eigenvalue weighted by molar-refractivity contribution is 7.90. The lowest BCUT2D eigenvalue weighted by Crippen LogP contribution is -2.31. The van der Waals surface area contributed by atoms with Gasteiger partial charge in [-0.15, -0.1) is 12.6 Å². The van der Waals surface area contributed by atoms with Gasteiger partial charge in [0.15, 0.2) is 0 Å². The maximum Gasteiger partial charge on any atom is 0.268 e. The van der Waals surface area contributed by atoms with Gasteiger partial charge in [-0.1, -0.05) is 36.7 Å². The average Bonchev–Trinajstić information content (AvgIpc) is 3.32. The molecule has 8 heteroatoms. The summed E-state index contributed by atoms with van der Waals surface area (Å²) in [5.74, 6) is -0.0608. The van der Waals surface area contributed by atoms with Crippen LogP contribution in [0.15, 0.2) is 58.3 Å². The number of benzene rings is 2. The molecule has 146 valence electrons. The zero-order chi connectivity index (χ0) is 20.1. The Balaban J connectivity index is 1.84. The molecule has 1 aromatic heterocycles. The molecule has 0 bridgehead atoms. The van der Waals surface area contributed by atoms with Gasteiger partial charge in [-0.2, -0.15) is 0 Å². The first kappa shape index (κ1) is 19.4. The number of carbonyl (C=O) groups is 1. The fraction of sp³-hybridized carbons (Fsp3) is 0.250. The van der Waals surface area contributed by atoms with E-state index in [0.717, 1.165) is 12.8 Å². The van der Waals surface area contributed by atoms with E-state index in [9.17, 15) is 13.2 Å². The summed E-state index contributed by atoms with van der Waals surface area (Å²) in [6.45, 7) is 2.01. The third-order valence-corrected chi connectivity index (χ3v) is 7.75. The predicted octanol–water partition coefficient (Wildman–Crippen LogP) is 4.24. The van der Waals surface area contributed by atoms with Gasteiger partial charge in [0, 0.05) is 15.7 Å². The molecule has 5 nitrogen and oxygen atoms in total. The van der Waals surface area contributed by atoms with Gasteiger partial charge in [-0.05, 0) is 43.2 Å². The molecule has 28 heavy (non-hydrogen) atoms. The van der Waals surface area contributed by atoms with Crippen LogP contribution in [-0.2, 0) is 21.4 Å². The van der Waals surface area contributed by atoms with E-state index in [1.165, 1.54) is 3.97 Å². The monoisotopic (exact) mass is 434 g/mol. The minimum Gasteiger partial charge on any atom is -0.350 e. The lowest BCUT2D eigenvalue weighted by molar-refractivity contribution is -0.125. The number of nitrogens with one attached hydrogen (secondary N) is 1. The van der Waals surface area contributed by atoms with E-state index in [1.54, 1.807) is 48.5 Å². The molecule has 1 N–H and O–H groups in total. The average molecular weight is 435 g/mol. The Morgan fingerprint density at radius 2 is 1.89 bits per heavy atom. The molecule has 0 spiro atoms. The summed E-state index contributed by atoms with van der Waals surface area (Å²) in [6, 6.07) is 13.3. The van der Waals surface area contributed by atoms with Crippen LogP contribution in [0.5, 0.6) is 0 Å². The lowest BCUT2D eigenvalue weighted by Gasteiger charge is -2.14. The maximum atomic E-state index is 13.4. The van der Waals surface area contributed by atoms with Crippen LogP contribution in [0.4, 0.5) is 0 Å². The van der Waals surface area contributed by atoms with Crippen LogP contribution in [0, 0.1) is 5.41 Å². The standard InChI is InChI=1S/C20H19ClN2O3S2/c1-20(7-8-20)19(24)22-12-14-9-13-10-16(21)18(27)11-17(13)23(14)28(25,26)15-5-3-2-4-6-15/h2-6,9-11,27H,7-8,12H2,1H3,(H,22,24). The molecule has 0 aliphatic heterocycles. The van der Waals surface area contributed by atoms with Gasteiger partial charge in [0.05, 0.1) is 27.7 Å². The van der Waals surface area contributed by atoms with Gasteiger partial charge in [0.25, 0.3) is 10.0 Å². The van der Waals surface area contributed by atoms with E-state index in [2.05, 4.69) is 17.9 Å². The molecule has 1 saturated carbocycles. The molecular weight excluding hydrogens is 416 g/mol. The number of amides is 1. The molecule has 3 aromatic rings. The number of nitrogens with zero attached hydrogens (tertiary/aromatic N) is 1. The third kappa shape index (κ3) is 3.32. The van der Waals surface area contributed by atoms with Crippen molar-refractivity contribution >= 4 is 51.1 Å². The van der Waals surface area contributed by atoms with Crippen LogP contribution in [-0.4, -0.2) is 18.3 Å². The van der Waals surface area contributed by atoms with Crippen LogP contribution in [0.2, 0.25) is 5.02 Å². The number of hydrogen-bond donors (Lipinski definition) is 2. The van der Waals surface area contributed by atoms with Gasteiger partial charge in [0.1, 0.15) is 0 Å². The summed E-state index contributed by atoms with van der Waals surface area (Å²) < 4.78 is 28.0. The summed E-state index contributed by atoms with van der Waals surface area (Å²) in [5.41, 5.74) is 0.600. The molecule has 2 aromatic carbocycles. The minimum atomic E-state index is -3.86. The second kappa shape index (κ2) is 6.83. The Labute approximate surface area is 174 Å². The van der Waals surface area contributed by atoms with Crippen LogP contribution >= 0.6 is 24.2 Å². The second-order valence-electron chi connectivity index (χ2n) is 7.32. The van der Waals surface area contributed by atoms with Crippen LogP contribution in [0.3, 0.4) is 0 Å². The van der Waals surface area contributed by atoms with Gasteiger partial charge < -0.3 is 5.32 Å². The van der Waals surface area contributed by atoms with Crippen molar-refractivity contribution in [2.45, 2.75) is 36.1 Å². The lowest BCUT2D eigenvalue weighted by atomic mass is 10.1. The number of fused-ring (bicyclic) bond motifs is 1. The Kier molecular flexibility index (Phi) is 4.72. The van der Waals surface area contributed by atoms with Crippen molar-refractivity contribution < 1.29 is 13.2 Å². The molecular formula is C20H19ClN2O3S2. The van der Waals surface area contributed by atoms with Crippen molar-refractivity contribution in [2.75, 3.05) is 0 Å². The number of rotatable bonds is 5. The van der Waals surface area contributed by atoms with Crippen LogP contribution < -0.4 is 5.32 Å². The predicted molar refractivity (Wildman–Crippen MR) is 112 cm³/mol. The molecule has 0 saturated heterocycles. The third-order valence-electron chi connectivity index (χ3n) is 5.16. The van der Waals surface area contributed by atoms with Gasteiger partial charge in [0.2, 0.25) is 5.91 Å². The normalized spacial score (nSPS) is 15.5. The van der Waals surface area contributed by atoms with E-state index in [4.69, 9.17) is 11.6 Å². The highest BCUT2D eigenvalue weighted by atomic mass is 35.5. The van der Waals surface area contributed by atoms with Gasteiger partial charge in [-0.3, -0.25) is 4.79 Å². The van der Waals surface area contributed by atoms with Crippen molar-refractivity contribution in [1.82, 2.24) is 9.29 Å². The van der Waals surface area contributed by atoms with Gasteiger partial charge in [-0.25, -0.2) is 12.4 Å². The Morgan fingerprint density at radius 1 is 1.21 bits per heavy atom. The first-order valence-electron chi connectivity index (χ1n) is 8.84. The molecule has 0 unspecified atom stereocenters. The molecule has 4 rings (SSSR count). The zero-order valence-electron chi connectivity index (χ0n) is 15.1. The van der Waals surface area contributed by atoms with Crippen molar-refractivity contribution in [1.29, 1.82) is 0 Å². The van der Waals surface area contributed by atoms with E-state index in [-0.39, 0.29) is 22.8 Å². The highest BCUT2D eigenvalue weighted by Gasteiger charge is 2.44. The molecule has 0 atom stereocenters. The van der Waals surface area contributed by atoms with Crippen molar-refractivity contribution in [3.63, 3.8) is 0 Å². The number of aromatic nitrogens is 1. The van der Waals surface area contributed by atoms with Crippen LogP contribution in [0.25, 0.3) is 10.9 Å². The summed E-state index contributed by atoms with van der Waals surface area (Å²) in [4.78, 5) is 13.0. The number of thiol groups is 1. The summed E-state index contributed by atoms with van der Waals surface area (Å²) >= 11 is 10.5. The summed E-state index contributed by atoms with van der Waals surface area (Å²) in [5, 5.41) is 3.99. The second-order valence-corrected chi connectivity index (χ2v) is 10.00. The molecule has 1 amide bonds. The maximum absolute atomic E-state index is 13.4. The van der Waals surface area contributed by atoms with E-state index >= 15 is 0 Å². The molecule has 0 radical (unpaired) electrons. The van der Waals surface area contributed by atoms with Crippen LogP contribution in [0.1, 0.15) is 25.5 Å². The zero-order valence-corrected chi connectivity index (χ0v) is 17.6. The fourth-order valence-corrected chi connectivity index (χ4v) is 5.07. The Bertz CT molecular complexity index is 1180. The smallest absolute Gasteiger partial charge is 0.268 e. The highest BCUT2D eigenvalue weighted by Crippen LogP contribution is 2.45. The molecule has 1 aliphatic rings. The SMILES string of the molecule is CC1(C(=O)NCc2cc3cc(Cl)c(S)cc3n2S(=O)(=O)c2ccccc2)CC1. The van der Waals surface area contributed by atoms with E-state index in [0.29, 0.717) is 26.5 Å². The fourth-order valence-electron chi connectivity index (χ4n) is 3.15. The summed E-state index contributed by atoms with van der Waals surface area (Å²) in [7, 11) is -3.86. The Morgan fingerprint density at radius 3 is 2.54 bits per heavy atom. The molecule has 1 aliphatic carbocycles. The van der Waals surface area contributed by atoms with Gasteiger partial charge >= 0.3 is 0 Å². The Hall–Kier alpha value is -1.96. The minimum absolute atomic E-state index is 0.0608. The number of hydrogen-bond acceptors (Lipinski definition) is 4. The first-order chi connectivity index (χ1) is 13.2. The summed E-state index contributed by atoms with van der Waals surface area (Å²) in [6.07, 6.45) is 1.70. The number of carbonyl (C=O) groups excluding carboxylic acids is 1. The van der Waals surface area contributed by atoms with Crippen molar-refractivity contribution in [3.05, 3.63) is 59.2 Å². The number of halogens is 1. The quantitative estimate of drug-likeness (QED) is 0.590.